The van der Waals surface area contributed by atoms with Gasteiger partial charge < -0.3 is 10.2 Å². The number of Topliss-reactive ketones (excluding diaryl/α,β-unsaturated/α-hetero) is 1. The van der Waals surface area contributed by atoms with Crippen LogP contribution >= 0.6 is 0 Å². The van der Waals surface area contributed by atoms with E-state index in [1.54, 1.807) is 0 Å². The lowest BCUT2D eigenvalue weighted by atomic mass is 9.75. The minimum atomic E-state index is -0.470. The molecule has 0 aromatic heterocycles. The van der Waals surface area contributed by atoms with Gasteiger partial charge in [0.25, 0.3) is 0 Å². The molecule has 0 spiro atoms. The van der Waals surface area contributed by atoms with Gasteiger partial charge in [-0.15, -0.1) is 0 Å². The molecule has 0 saturated carbocycles. The van der Waals surface area contributed by atoms with Crippen LogP contribution in [-0.2, 0) is 4.79 Å². The SMILES string of the molecule is CC1=CC2=C(NC3C=CC=CC3N2C)C(C)(C)C1=O. The zero-order valence-corrected chi connectivity index (χ0v) is 11.9. The number of fused-ring (bicyclic) bond motifs is 1. The molecule has 3 heteroatoms. The third-order valence-corrected chi connectivity index (χ3v) is 4.40. The number of carbonyl (C=O) groups excluding carboxylic acids is 1. The molecule has 3 rings (SSSR count). The number of nitrogens with zero attached hydrogens (tertiary/aromatic N) is 1. The van der Waals surface area contributed by atoms with Crippen LogP contribution < -0.4 is 5.32 Å². The van der Waals surface area contributed by atoms with Crippen molar-refractivity contribution >= 4 is 5.78 Å². The van der Waals surface area contributed by atoms with Crippen molar-refractivity contribution < 1.29 is 4.79 Å². The van der Waals surface area contributed by atoms with Gasteiger partial charge in [0, 0.05) is 12.7 Å². The van der Waals surface area contributed by atoms with Gasteiger partial charge in [0.1, 0.15) is 0 Å². The number of hydrogen-bond donors (Lipinski definition) is 1. The van der Waals surface area contributed by atoms with Crippen molar-refractivity contribution in [2.24, 2.45) is 5.41 Å². The van der Waals surface area contributed by atoms with E-state index >= 15 is 0 Å². The standard InChI is InChI=1S/C16H20N2O/c1-10-9-13-14(16(2,3)15(10)19)17-11-7-5-6-8-12(11)18(13)4/h5-9,11-12,17H,1-4H3. The molecule has 1 aliphatic heterocycles. The minimum absolute atomic E-state index is 0.209. The van der Waals surface area contributed by atoms with E-state index in [0.717, 1.165) is 17.0 Å². The molecule has 100 valence electrons. The molecule has 0 radical (unpaired) electrons. The normalized spacial score (nSPS) is 31.7. The van der Waals surface area contributed by atoms with E-state index in [0.29, 0.717) is 6.04 Å². The molecule has 0 fully saturated rings. The molecule has 3 aliphatic rings. The zero-order chi connectivity index (χ0) is 13.8. The minimum Gasteiger partial charge on any atom is -0.377 e. The van der Waals surface area contributed by atoms with E-state index in [4.69, 9.17) is 0 Å². The Morgan fingerprint density at radius 1 is 1.26 bits per heavy atom. The molecule has 0 aromatic carbocycles. The highest BCUT2D eigenvalue weighted by Crippen LogP contribution is 2.40. The summed E-state index contributed by atoms with van der Waals surface area (Å²) in [6, 6.07) is 0.560. The van der Waals surface area contributed by atoms with Crippen molar-refractivity contribution in [2.75, 3.05) is 7.05 Å². The molecular formula is C16H20N2O. The maximum absolute atomic E-state index is 12.4. The highest BCUT2D eigenvalue weighted by atomic mass is 16.1. The van der Waals surface area contributed by atoms with Crippen LogP contribution in [0.1, 0.15) is 20.8 Å². The number of allylic oxidation sites excluding steroid dienone is 5. The quantitative estimate of drug-likeness (QED) is 0.721. The van der Waals surface area contributed by atoms with Crippen molar-refractivity contribution in [1.82, 2.24) is 10.2 Å². The second kappa shape index (κ2) is 3.86. The molecule has 0 saturated heterocycles. The third-order valence-electron chi connectivity index (χ3n) is 4.40. The van der Waals surface area contributed by atoms with E-state index in [1.165, 1.54) is 0 Å². The van der Waals surface area contributed by atoms with Crippen molar-refractivity contribution in [3.63, 3.8) is 0 Å². The molecule has 2 aliphatic carbocycles. The Kier molecular flexibility index (Phi) is 2.49. The number of hydrogen-bond acceptors (Lipinski definition) is 3. The molecule has 0 bridgehead atoms. The highest BCUT2D eigenvalue weighted by molar-refractivity contribution is 6.02. The second-order valence-electron chi connectivity index (χ2n) is 6.08. The lowest BCUT2D eigenvalue weighted by Gasteiger charge is -2.47. The molecule has 0 amide bonds. The summed E-state index contributed by atoms with van der Waals surface area (Å²) in [4.78, 5) is 14.6. The first-order valence-electron chi connectivity index (χ1n) is 6.75. The summed E-state index contributed by atoms with van der Waals surface area (Å²) in [5.74, 6) is 0.209. The van der Waals surface area contributed by atoms with Crippen LogP contribution in [-0.4, -0.2) is 29.8 Å². The maximum atomic E-state index is 12.4. The van der Waals surface area contributed by atoms with Crippen LogP contribution in [0.3, 0.4) is 0 Å². The third kappa shape index (κ3) is 1.61. The van der Waals surface area contributed by atoms with Crippen molar-refractivity contribution in [2.45, 2.75) is 32.9 Å². The van der Waals surface area contributed by atoms with Crippen molar-refractivity contribution in [3.8, 4) is 0 Å². The average Bonchev–Trinajstić information content (AvgIpc) is 2.39. The number of rotatable bonds is 0. The van der Waals surface area contributed by atoms with Gasteiger partial charge in [0.2, 0.25) is 0 Å². The molecular weight excluding hydrogens is 236 g/mol. The fourth-order valence-corrected chi connectivity index (χ4v) is 3.23. The van der Waals surface area contributed by atoms with E-state index in [1.807, 2.05) is 26.8 Å². The molecule has 1 heterocycles. The molecule has 2 atom stereocenters. The first-order chi connectivity index (χ1) is 8.93. The largest absolute Gasteiger partial charge is 0.377 e. The van der Waals surface area contributed by atoms with Crippen LogP contribution in [0, 0.1) is 5.41 Å². The average molecular weight is 256 g/mol. The van der Waals surface area contributed by atoms with Gasteiger partial charge in [-0.3, -0.25) is 4.79 Å². The predicted molar refractivity (Wildman–Crippen MR) is 76.3 cm³/mol. The Bertz CT molecular complexity index is 563. The number of nitrogens with one attached hydrogen (secondary N) is 1. The Balaban J connectivity index is 2.13. The van der Waals surface area contributed by atoms with Crippen molar-refractivity contribution in [1.29, 1.82) is 0 Å². The van der Waals surface area contributed by atoms with Gasteiger partial charge >= 0.3 is 0 Å². The van der Waals surface area contributed by atoms with E-state index in [-0.39, 0.29) is 11.8 Å². The molecule has 0 aromatic rings. The number of likely N-dealkylation sites (N-methyl/N-ethyl adjacent to an activating group) is 1. The lowest BCUT2D eigenvalue weighted by Crippen LogP contribution is -2.56. The Morgan fingerprint density at radius 3 is 2.68 bits per heavy atom. The Labute approximate surface area is 114 Å². The van der Waals surface area contributed by atoms with Crippen molar-refractivity contribution in [3.05, 3.63) is 47.3 Å². The molecule has 1 N–H and O–H groups in total. The molecule has 2 unspecified atom stereocenters. The fourth-order valence-electron chi connectivity index (χ4n) is 3.23. The lowest BCUT2D eigenvalue weighted by molar-refractivity contribution is -0.122. The number of carbonyl (C=O) groups is 1. The van der Waals surface area contributed by atoms with Crippen LogP contribution in [0.4, 0.5) is 0 Å². The number of ketones is 1. The first kappa shape index (κ1) is 12.3. The summed E-state index contributed by atoms with van der Waals surface area (Å²) < 4.78 is 0. The predicted octanol–water partition coefficient (Wildman–Crippen LogP) is 2.15. The maximum Gasteiger partial charge on any atom is 0.170 e. The van der Waals surface area contributed by atoms with Gasteiger partial charge in [-0.1, -0.05) is 24.3 Å². The summed E-state index contributed by atoms with van der Waals surface area (Å²) in [7, 11) is 2.10. The summed E-state index contributed by atoms with van der Waals surface area (Å²) in [6.45, 7) is 5.92. The second-order valence-corrected chi connectivity index (χ2v) is 6.08. The Hall–Kier alpha value is -1.77. The van der Waals surface area contributed by atoms with Crippen LogP contribution in [0.25, 0.3) is 0 Å². The van der Waals surface area contributed by atoms with Crippen LogP contribution in [0.5, 0.6) is 0 Å². The van der Waals surface area contributed by atoms with Crippen LogP contribution in [0.2, 0.25) is 0 Å². The highest BCUT2D eigenvalue weighted by Gasteiger charge is 2.43. The van der Waals surface area contributed by atoms with Gasteiger partial charge in [0.15, 0.2) is 5.78 Å². The summed E-state index contributed by atoms with van der Waals surface area (Å²) in [5.41, 5.74) is 2.56. The van der Waals surface area contributed by atoms with Gasteiger partial charge in [0.05, 0.1) is 23.2 Å². The smallest absolute Gasteiger partial charge is 0.170 e. The first-order valence-corrected chi connectivity index (χ1v) is 6.75. The summed E-state index contributed by atoms with van der Waals surface area (Å²) >= 11 is 0. The van der Waals surface area contributed by atoms with Gasteiger partial charge in [-0.05, 0) is 32.4 Å². The fraction of sp³-hybridized carbons (Fsp3) is 0.438. The van der Waals surface area contributed by atoms with Gasteiger partial charge in [-0.2, -0.15) is 0 Å². The molecule has 19 heavy (non-hydrogen) atoms. The van der Waals surface area contributed by atoms with E-state index in [9.17, 15) is 4.79 Å². The van der Waals surface area contributed by atoms with Gasteiger partial charge in [-0.25, -0.2) is 0 Å². The summed E-state index contributed by atoms with van der Waals surface area (Å²) in [5, 5.41) is 3.56. The van der Waals surface area contributed by atoms with E-state index in [2.05, 4.69) is 41.6 Å². The van der Waals surface area contributed by atoms with Crippen LogP contribution in [0.15, 0.2) is 47.3 Å². The van der Waals surface area contributed by atoms with E-state index < -0.39 is 5.41 Å². The Morgan fingerprint density at radius 2 is 1.95 bits per heavy atom. The topological polar surface area (TPSA) is 32.3 Å². The molecule has 3 nitrogen and oxygen atoms in total. The summed E-state index contributed by atoms with van der Waals surface area (Å²) in [6.07, 6.45) is 10.5. The zero-order valence-electron chi connectivity index (χ0n) is 11.9. The monoisotopic (exact) mass is 256 g/mol.